The highest BCUT2D eigenvalue weighted by Crippen LogP contribution is 2.35. The van der Waals surface area contributed by atoms with Gasteiger partial charge in [0.2, 0.25) is 0 Å². The van der Waals surface area contributed by atoms with Crippen LogP contribution < -0.4 is 5.32 Å². The largest absolute Gasteiger partial charge is 0.396 e. The molecular formula is C14H29NO2. The van der Waals surface area contributed by atoms with Crippen LogP contribution in [0.2, 0.25) is 0 Å². The Balaban J connectivity index is 2.03. The predicted molar refractivity (Wildman–Crippen MR) is 71.2 cm³/mol. The fourth-order valence-corrected chi connectivity index (χ4v) is 2.54. The molecule has 2 N–H and O–H groups in total. The molecule has 1 aliphatic rings. The van der Waals surface area contributed by atoms with Crippen molar-refractivity contribution in [3.05, 3.63) is 0 Å². The molecule has 1 aliphatic carbocycles. The monoisotopic (exact) mass is 243 g/mol. The van der Waals surface area contributed by atoms with E-state index in [-0.39, 0.29) is 5.41 Å². The molecule has 0 bridgehead atoms. The maximum atomic E-state index is 9.54. The molecule has 1 fully saturated rings. The molecular weight excluding hydrogens is 214 g/mol. The maximum absolute atomic E-state index is 9.54. The molecule has 0 aromatic heterocycles. The second-order valence-electron chi connectivity index (χ2n) is 5.36. The zero-order valence-electron chi connectivity index (χ0n) is 11.3. The van der Waals surface area contributed by atoms with Gasteiger partial charge in [-0.15, -0.1) is 0 Å². The molecule has 3 nitrogen and oxygen atoms in total. The van der Waals surface area contributed by atoms with Gasteiger partial charge in [0.25, 0.3) is 0 Å². The smallest absolute Gasteiger partial charge is 0.0590 e. The van der Waals surface area contributed by atoms with Gasteiger partial charge in [0, 0.05) is 31.7 Å². The molecule has 0 spiro atoms. The van der Waals surface area contributed by atoms with Crippen molar-refractivity contribution in [2.45, 2.75) is 51.9 Å². The lowest BCUT2D eigenvalue weighted by atomic mass is 9.74. The first-order valence-corrected chi connectivity index (χ1v) is 7.22. The van der Waals surface area contributed by atoms with Crippen molar-refractivity contribution in [2.24, 2.45) is 5.41 Å². The van der Waals surface area contributed by atoms with Crippen LogP contribution >= 0.6 is 0 Å². The average molecular weight is 243 g/mol. The van der Waals surface area contributed by atoms with E-state index in [1.807, 2.05) is 0 Å². The SMILES string of the molecule is CCCCOCCNCC1(CO)CCCCC1. The Morgan fingerprint density at radius 2 is 1.94 bits per heavy atom. The highest BCUT2D eigenvalue weighted by atomic mass is 16.5. The van der Waals surface area contributed by atoms with Crippen molar-refractivity contribution < 1.29 is 9.84 Å². The molecule has 1 saturated carbocycles. The van der Waals surface area contributed by atoms with Crippen LogP contribution in [0.3, 0.4) is 0 Å². The lowest BCUT2D eigenvalue weighted by molar-refractivity contribution is 0.0759. The van der Waals surface area contributed by atoms with Crippen LogP contribution in [0.5, 0.6) is 0 Å². The summed E-state index contributed by atoms with van der Waals surface area (Å²) in [6.07, 6.45) is 8.58. The Kier molecular flexibility index (Phi) is 7.82. The first-order chi connectivity index (χ1) is 8.33. The van der Waals surface area contributed by atoms with E-state index in [1.54, 1.807) is 0 Å². The Morgan fingerprint density at radius 3 is 2.59 bits per heavy atom. The van der Waals surface area contributed by atoms with Crippen LogP contribution in [-0.2, 0) is 4.74 Å². The molecule has 0 radical (unpaired) electrons. The van der Waals surface area contributed by atoms with E-state index < -0.39 is 0 Å². The molecule has 0 atom stereocenters. The van der Waals surface area contributed by atoms with Crippen molar-refractivity contribution in [2.75, 3.05) is 32.9 Å². The summed E-state index contributed by atoms with van der Waals surface area (Å²) in [5.74, 6) is 0. The maximum Gasteiger partial charge on any atom is 0.0590 e. The summed E-state index contributed by atoms with van der Waals surface area (Å²) in [4.78, 5) is 0. The Hall–Kier alpha value is -0.120. The molecule has 0 heterocycles. The Bertz CT molecular complexity index is 179. The molecule has 17 heavy (non-hydrogen) atoms. The van der Waals surface area contributed by atoms with Crippen LogP contribution in [-0.4, -0.2) is 38.0 Å². The quantitative estimate of drug-likeness (QED) is 0.611. The molecule has 0 amide bonds. The first kappa shape index (κ1) is 14.9. The number of nitrogens with one attached hydrogen (secondary N) is 1. The summed E-state index contributed by atoms with van der Waals surface area (Å²) in [7, 11) is 0. The highest BCUT2D eigenvalue weighted by molar-refractivity contribution is 4.84. The van der Waals surface area contributed by atoms with Gasteiger partial charge in [-0.1, -0.05) is 32.6 Å². The van der Waals surface area contributed by atoms with E-state index in [0.29, 0.717) is 6.61 Å². The van der Waals surface area contributed by atoms with Crippen LogP contribution in [0.15, 0.2) is 0 Å². The van der Waals surface area contributed by atoms with Crippen LogP contribution in [0.25, 0.3) is 0 Å². The van der Waals surface area contributed by atoms with E-state index in [2.05, 4.69) is 12.2 Å². The van der Waals surface area contributed by atoms with Gasteiger partial charge in [-0.2, -0.15) is 0 Å². The lowest BCUT2D eigenvalue weighted by Crippen LogP contribution is -2.40. The number of unbranched alkanes of at least 4 members (excludes halogenated alkanes) is 1. The van der Waals surface area contributed by atoms with E-state index >= 15 is 0 Å². The number of rotatable bonds is 9. The van der Waals surface area contributed by atoms with E-state index in [4.69, 9.17) is 4.74 Å². The molecule has 0 aliphatic heterocycles. The van der Waals surface area contributed by atoms with Gasteiger partial charge in [-0.25, -0.2) is 0 Å². The first-order valence-electron chi connectivity index (χ1n) is 7.22. The van der Waals surface area contributed by atoms with Crippen LogP contribution in [0, 0.1) is 5.41 Å². The predicted octanol–water partition coefficient (Wildman–Crippen LogP) is 2.34. The zero-order chi connectivity index (χ0) is 12.4. The fraction of sp³-hybridized carbons (Fsp3) is 1.00. The molecule has 102 valence electrons. The van der Waals surface area contributed by atoms with Crippen LogP contribution in [0.1, 0.15) is 51.9 Å². The van der Waals surface area contributed by atoms with E-state index in [0.717, 1.165) is 32.7 Å². The summed E-state index contributed by atoms with van der Waals surface area (Å²) >= 11 is 0. The second-order valence-corrected chi connectivity index (χ2v) is 5.36. The summed E-state index contributed by atoms with van der Waals surface area (Å²) in [6.45, 7) is 6.03. The van der Waals surface area contributed by atoms with E-state index in [1.165, 1.54) is 38.5 Å². The summed E-state index contributed by atoms with van der Waals surface area (Å²) in [5, 5.41) is 13.0. The number of aliphatic hydroxyl groups is 1. The number of ether oxygens (including phenoxy) is 1. The molecule has 0 saturated heterocycles. The van der Waals surface area contributed by atoms with Gasteiger partial charge in [0.15, 0.2) is 0 Å². The number of hydrogen-bond acceptors (Lipinski definition) is 3. The second kappa shape index (κ2) is 8.90. The highest BCUT2D eigenvalue weighted by Gasteiger charge is 2.30. The Labute approximate surface area is 106 Å². The summed E-state index contributed by atoms with van der Waals surface area (Å²) in [5.41, 5.74) is 0.154. The van der Waals surface area contributed by atoms with Gasteiger partial charge in [-0.05, 0) is 19.3 Å². The third-order valence-electron chi connectivity index (χ3n) is 3.82. The average Bonchev–Trinajstić information content (AvgIpc) is 2.39. The lowest BCUT2D eigenvalue weighted by Gasteiger charge is -2.35. The minimum Gasteiger partial charge on any atom is -0.396 e. The third kappa shape index (κ3) is 5.84. The number of aliphatic hydroxyl groups excluding tert-OH is 1. The molecule has 0 aromatic rings. The standard InChI is InChI=1S/C14H29NO2/c1-2-3-10-17-11-9-15-12-14(13-16)7-5-4-6-8-14/h15-16H,2-13H2,1H3. The van der Waals surface area contributed by atoms with Gasteiger partial charge < -0.3 is 15.2 Å². The third-order valence-corrected chi connectivity index (χ3v) is 3.82. The van der Waals surface area contributed by atoms with Crippen molar-refractivity contribution in [3.8, 4) is 0 Å². The Morgan fingerprint density at radius 1 is 1.18 bits per heavy atom. The fourth-order valence-electron chi connectivity index (χ4n) is 2.54. The summed E-state index contributed by atoms with van der Waals surface area (Å²) < 4.78 is 5.51. The van der Waals surface area contributed by atoms with Gasteiger partial charge >= 0.3 is 0 Å². The van der Waals surface area contributed by atoms with E-state index in [9.17, 15) is 5.11 Å². The number of hydrogen-bond donors (Lipinski definition) is 2. The molecule has 0 unspecified atom stereocenters. The van der Waals surface area contributed by atoms with Crippen LogP contribution in [0.4, 0.5) is 0 Å². The molecule has 0 aromatic carbocycles. The minimum atomic E-state index is 0.154. The minimum absolute atomic E-state index is 0.154. The van der Waals surface area contributed by atoms with Gasteiger partial charge in [-0.3, -0.25) is 0 Å². The normalized spacial score (nSPS) is 19.4. The van der Waals surface area contributed by atoms with Crippen molar-refractivity contribution in [1.82, 2.24) is 5.32 Å². The van der Waals surface area contributed by atoms with Gasteiger partial charge in [0.05, 0.1) is 6.61 Å². The van der Waals surface area contributed by atoms with Crippen molar-refractivity contribution >= 4 is 0 Å². The topological polar surface area (TPSA) is 41.5 Å². The molecule has 1 rings (SSSR count). The zero-order valence-corrected chi connectivity index (χ0v) is 11.3. The van der Waals surface area contributed by atoms with Crippen molar-refractivity contribution in [1.29, 1.82) is 0 Å². The van der Waals surface area contributed by atoms with Gasteiger partial charge in [0.1, 0.15) is 0 Å². The summed E-state index contributed by atoms with van der Waals surface area (Å²) in [6, 6.07) is 0. The van der Waals surface area contributed by atoms with Crippen molar-refractivity contribution in [3.63, 3.8) is 0 Å². The molecule has 3 heteroatoms.